The van der Waals surface area contributed by atoms with Gasteiger partial charge < -0.3 is 15.4 Å². The molecule has 3 nitrogen and oxygen atoms in total. The number of methoxy groups -OCH3 is 1. The zero-order chi connectivity index (χ0) is 10.8. The molecular formula is C9H19FN2OS. The number of hydrogen-bond acceptors (Lipinski definition) is 3. The summed E-state index contributed by atoms with van der Waals surface area (Å²) in [5.74, 6) is 0. The predicted molar refractivity (Wildman–Crippen MR) is 60.3 cm³/mol. The second-order valence-electron chi connectivity index (χ2n) is 3.09. The van der Waals surface area contributed by atoms with Crippen LogP contribution >= 0.6 is 12.2 Å². The van der Waals surface area contributed by atoms with Crippen molar-refractivity contribution in [3.8, 4) is 0 Å². The standard InChI is InChI=1S/C9H19FN2OS/c1-13-8-7-12(5-2-4-10)6-3-9(11)14/h2-8H2,1H3,(H2,11,14). The summed E-state index contributed by atoms with van der Waals surface area (Å²) < 4.78 is 16.9. The minimum Gasteiger partial charge on any atom is -0.393 e. The number of alkyl halides is 1. The molecule has 0 radical (unpaired) electrons. The van der Waals surface area contributed by atoms with Crippen molar-refractivity contribution in [1.29, 1.82) is 0 Å². The lowest BCUT2D eigenvalue weighted by molar-refractivity contribution is 0.147. The van der Waals surface area contributed by atoms with Crippen LogP contribution < -0.4 is 5.73 Å². The fraction of sp³-hybridized carbons (Fsp3) is 0.889. The van der Waals surface area contributed by atoms with Gasteiger partial charge in [-0.3, -0.25) is 4.39 Å². The van der Waals surface area contributed by atoms with E-state index in [1.807, 2.05) is 0 Å². The third-order valence-electron chi connectivity index (χ3n) is 1.89. The first-order valence-corrected chi connectivity index (χ1v) is 5.17. The van der Waals surface area contributed by atoms with Crippen LogP contribution in [0.15, 0.2) is 0 Å². The number of nitrogens with zero attached hydrogens (tertiary/aromatic N) is 1. The van der Waals surface area contributed by atoms with E-state index in [4.69, 9.17) is 22.7 Å². The summed E-state index contributed by atoms with van der Waals surface area (Å²) >= 11 is 4.78. The van der Waals surface area contributed by atoms with E-state index in [0.29, 0.717) is 24.4 Å². The Morgan fingerprint density at radius 3 is 2.64 bits per heavy atom. The van der Waals surface area contributed by atoms with Gasteiger partial charge in [0, 0.05) is 33.2 Å². The van der Waals surface area contributed by atoms with E-state index in [-0.39, 0.29) is 6.67 Å². The van der Waals surface area contributed by atoms with Crippen molar-refractivity contribution in [2.45, 2.75) is 12.8 Å². The molecule has 0 aliphatic carbocycles. The number of halogens is 1. The van der Waals surface area contributed by atoms with Crippen LogP contribution in [0.1, 0.15) is 12.8 Å². The highest BCUT2D eigenvalue weighted by atomic mass is 32.1. The molecule has 0 unspecified atom stereocenters. The first-order valence-electron chi connectivity index (χ1n) is 4.76. The SMILES string of the molecule is COCCN(CCCF)CCC(N)=S. The van der Waals surface area contributed by atoms with Gasteiger partial charge in [0.25, 0.3) is 0 Å². The molecule has 0 rings (SSSR count). The molecule has 84 valence electrons. The maximum Gasteiger partial charge on any atom is 0.0906 e. The molecule has 0 aliphatic heterocycles. The Hall–Kier alpha value is -0.260. The average molecular weight is 222 g/mol. The summed E-state index contributed by atoms with van der Waals surface area (Å²) in [5.41, 5.74) is 5.40. The summed E-state index contributed by atoms with van der Waals surface area (Å²) in [6.45, 7) is 2.71. The molecule has 0 saturated heterocycles. The molecule has 0 saturated carbocycles. The van der Waals surface area contributed by atoms with Crippen molar-refractivity contribution in [3.63, 3.8) is 0 Å². The maximum absolute atomic E-state index is 12.0. The molecule has 2 N–H and O–H groups in total. The van der Waals surface area contributed by atoms with Crippen molar-refractivity contribution in [2.75, 3.05) is 40.0 Å². The Morgan fingerprint density at radius 2 is 2.14 bits per heavy atom. The summed E-state index contributed by atoms with van der Waals surface area (Å²) in [5, 5.41) is 0. The maximum atomic E-state index is 12.0. The molecule has 0 aromatic heterocycles. The molecule has 0 amide bonds. The second-order valence-corrected chi connectivity index (χ2v) is 3.62. The number of hydrogen-bond donors (Lipinski definition) is 1. The van der Waals surface area contributed by atoms with Gasteiger partial charge in [0.2, 0.25) is 0 Å². The minimum atomic E-state index is -0.281. The van der Waals surface area contributed by atoms with Crippen molar-refractivity contribution in [1.82, 2.24) is 4.90 Å². The highest BCUT2D eigenvalue weighted by molar-refractivity contribution is 7.80. The third-order valence-corrected chi connectivity index (χ3v) is 2.10. The lowest BCUT2D eigenvalue weighted by atomic mass is 10.3. The third kappa shape index (κ3) is 8.34. The molecule has 0 aromatic carbocycles. The zero-order valence-electron chi connectivity index (χ0n) is 8.67. The van der Waals surface area contributed by atoms with Gasteiger partial charge in [-0.15, -0.1) is 0 Å². The van der Waals surface area contributed by atoms with E-state index in [0.717, 1.165) is 19.6 Å². The quantitative estimate of drug-likeness (QED) is 0.590. The van der Waals surface area contributed by atoms with Crippen molar-refractivity contribution >= 4 is 17.2 Å². The van der Waals surface area contributed by atoms with Crippen LogP contribution in [-0.4, -0.2) is 49.9 Å². The van der Waals surface area contributed by atoms with E-state index in [9.17, 15) is 4.39 Å². The smallest absolute Gasteiger partial charge is 0.0906 e. The van der Waals surface area contributed by atoms with Crippen molar-refractivity contribution < 1.29 is 9.13 Å². The van der Waals surface area contributed by atoms with Crippen LogP contribution in [0.5, 0.6) is 0 Å². The van der Waals surface area contributed by atoms with Gasteiger partial charge in [0.15, 0.2) is 0 Å². The van der Waals surface area contributed by atoms with E-state index in [1.165, 1.54) is 0 Å². The molecule has 0 bridgehead atoms. The number of thiocarbonyl (C=S) groups is 1. The largest absolute Gasteiger partial charge is 0.393 e. The fourth-order valence-corrected chi connectivity index (χ4v) is 1.20. The average Bonchev–Trinajstić information content (AvgIpc) is 2.16. The van der Waals surface area contributed by atoms with Gasteiger partial charge in [0.05, 0.1) is 18.3 Å². The van der Waals surface area contributed by atoms with Crippen LogP contribution in [0.4, 0.5) is 4.39 Å². The van der Waals surface area contributed by atoms with E-state index < -0.39 is 0 Å². The van der Waals surface area contributed by atoms with Crippen LogP contribution in [0.25, 0.3) is 0 Å². The molecule has 14 heavy (non-hydrogen) atoms. The molecule has 0 aliphatic rings. The molecule has 5 heteroatoms. The monoisotopic (exact) mass is 222 g/mol. The summed E-state index contributed by atoms with van der Waals surface area (Å²) in [6.07, 6.45) is 1.24. The fourth-order valence-electron chi connectivity index (χ4n) is 1.11. The highest BCUT2D eigenvalue weighted by Gasteiger charge is 2.04. The van der Waals surface area contributed by atoms with Gasteiger partial charge in [-0.05, 0) is 6.42 Å². The first kappa shape index (κ1) is 13.7. The van der Waals surface area contributed by atoms with Crippen molar-refractivity contribution in [3.05, 3.63) is 0 Å². The number of ether oxygens (including phenoxy) is 1. The highest BCUT2D eigenvalue weighted by Crippen LogP contribution is 1.95. The molecular weight excluding hydrogens is 203 g/mol. The van der Waals surface area contributed by atoms with Gasteiger partial charge in [0.1, 0.15) is 0 Å². The number of nitrogens with two attached hydrogens (primary N) is 1. The zero-order valence-corrected chi connectivity index (χ0v) is 9.49. The number of rotatable bonds is 9. The molecule has 0 spiro atoms. The molecule has 0 aromatic rings. The normalized spacial score (nSPS) is 10.8. The van der Waals surface area contributed by atoms with E-state index in [2.05, 4.69) is 4.90 Å². The van der Waals surface area contributed by atoms with Crippen LogP contribution in [0, 0.1) is 0 Å². The van der Waals surface area contributed by atoms with E-state index in [1.54, 1.807) is 7.11 Å². The lowest BCUT2D eigenvalue weighted by Crippen LogP contribution is -2.31. The molecule has 0 fully saturated rings. The minimum absolute atomic E-state index is 0.281. The Labute approximate surface area is 90.4 Å². The summed E-state index contributed by atoms with van der Waals surface area (Å²) in [7, 11) is 1.65. The topological polar surface area (TPSA) is 38.5 Å². The van der Waals surface area contributed by atoms with Gasteiger partial charge in [-0.1, -0.05) is 12.2 Å². The first-order chi connectivity index (χ1) is 6.70. The lowest BCUT2D eigenvalue weighted by Gasteiger charge is -2.20. The van der Waals surface area contributed by atoms with Gasteiger partial charge in [-0.2, -0.15) is 0 Å². The predicted octanol–water partition coefficient (Wildman–Crippen LogP) is 0.971. The Balaban J connectivity index is 3.65. The summed E-state index contributed by atoms with van der Waals surface area (Å²) in [4.78, 5) is 2.62. The summed E-state index contributed by atoms with van der Waals surface area (Å²) in [6, 6.07) is 0. The Morgan fingerprint density at radius 1 is 1.43 bits per heavy atom. The Bertz CT molecular complexity index is 150. The van der Waals surface area contributed by atoms with Gasteiger partial charge in [-0.25, -0.2) is 0 Å². The van der Waals surface area contributed by atoms with Crippen LogP contribution in [0.2, 0.25) is 0 Å². The van der Waals surface area contributed by atoms with Crippen LogP contribution in [-0.2, 0) is 4.74 Å². The Kier molecular flexibility index (Phi) is 9.13. The molecule has 0 heterocycles. The second kappa shape index (κ2) is 9.30. The van der Waals surface area contributed by atoms with E-state index >= 15 is 0 Å². The van der Waals surface area contributed by atoms with Crippen LogP contribution in [0.3, 0.4) is 0 Å². The van der Waals surface area contributed by atoms with Gasteiger partial charge >= 0.3 is 0 Å². The molecule has 0 atom stereocenters. The van der Waals surface area contributed by atoms with Crippen molar-refractivity contribution in [2.24, 2.45) is 5.73 Å².